The van der Waals surface area contributed by atoms with Crippen molar-refractivity contribution in [1.82, 2.24) is 10.2 Å². The smallest absolute Gasteiger partial charge is 0.0681 e. The van der Waals surface area contributed by atoms with Crippen molar-refractivity contribution in [3.05, 3.63) is 35.4 Å². The minimum absolute atomic E-state index is 0.120. The van der Waals surface area contributed by atoms with E-state index in [-0.39, 0.29) is 6.61 Å². The third kappa shape index (κ3) is 5.71. The Morgan fingerprint density at radius 2 is 2.23 bits per heavy atom. The number of rotatable bonds is 8. The lowest BCUT2D eigenvalue weighted by molar-refractivity contribution is 0.181. The fourth-order valence-electron chi connectivity index (χ4n) is 3.35. The Hall–Kier alpha value is -0.900. The first-order valence-corrected chi connectivity index (χ1v) is 8.84. The van der Waals surface area contributed by atoms with E-state index in [1.54, 1.807) is 0 Å². The predicted molar refractivity (Wildman–Crippen MR) is 92.9 cm³/mol. The van der Waals surface area contributed by atoms with Crippen LogP contribution in [0.25, 0.3) is 0 Å². The van der Waals surface area contributed by atoms with Crippen LogP contribution in [0.2, 0.25) is 0 Å². The van der Waals surface area contributed by atoms with Crippen molar-refractivity contribution in [2.75, 3.05) is 26.2 Å². The van der Waals surface area contributed by atoms with Gasteiger partial charge in [-0.25, -0.2) is 0 Å². The molecule has 22 heavy (non-hydrogen) atoms. The third-order valence-corrected chi connectivity index (χ3v) is 4.73. The van der Waals surface area contributed by atoms with Crippen LogP contribution in [0.4, 0.5) is 0 Å². The molecule has 0 bridgehead atoms. The number of unbranched alkanes of at least 4 members (excludes halogenated alkanes) is 1. The molecule has 2 atom stereocenters. The highest BCUT2D eigenvalue weighted by molar-refractivity contribution is 5.25. The second-order valence-electron chi connectivity index (χ2n) is 6.83. The molecular weight excluding hydrogens is 272 g/mol. The van der Waals surface area contributed by atoms with E-state index in [0.29, 0.717) is 6.04 Å². The Bertz CT molecular complexity index is 435. The van der Waals surface area contributed by atoms with Crippen LogP contribution < -0.4 is 5.32 Å². The van der Waals surface area contributed by atoms with Crippen LogP contribution in [0.15, 0.2) is 24.3 Å². The summed E-state index contributed by atoms with van der Waals surface area (Å²) in [6.45, 7) is 9.59. The van der Waals surface area contributed by atoms with Gasteiger partial charge >= 0.3 is 0 Å². The van der Waals surface area contributed by atoms with Gasteiger partial charge in [-0.15, -0.1) is 0 Å². The maximum absolute atomic E-state index is 9.21. The molecule has 2 N–H and O–H groups in total. The first-order valence-electron chi connectivity index (χ1n) is 8.84. The number of hydrogen-bond acceptors (Lipinski definition) is 3. The SMILES string of the molecule is CC1CCCN(CCCCNC(C)c2cccc(CO)c2)C1. The molecule has 3 heteroatoms. The second kappa shape index (κ2) is 9.29. The van der Waals surface area contributed by atoms with Gasteiger partial charge in [-0.1, -0.05) is 31.2 Å². The topological polar surface area (TPSA) is 35.5 Å². The van der Waals surface area contributed by atoms with E-state index >= 15 is 0 Å². The molecule has 3 nitrogen and oxygen atoms in total. The Labute approximate surface area is 135 Å². The zero-order chi connectivity index (χ0) is 15.8. The molecule has 0 saturated carbocycles. The van der Waals surface area contributed by atoms with Gasteiger partial charge in [0.05, 0.1) is 6.61 Å². The van der Waals surface area contributed by atoms with Crippen LogP contribution >= 0.6 is 0 Å². The Balaban J connectivity index is 1.61. The zero-order valence-corrected chi connectivity index (χ0v) is 14.2. The molecule has 1 aromatic rings. The molecule has 1 heterocycles. The average Bonchev–Trinajstić information content (AvgIpc) is 2.54. The quantitative estimate of drug-likeness (QED) is 0.723. The van der Waals surface area contributed by atoms with Crippen LogP contribution in [0.3, 0.4) is 0 Å². The molecule has 1 aliphatic heterocycles. The van der Waals surface area contributed by atoms with Gasteiger partial charge in [-0.05, 0) is 69.3 Å². The highest BCUT2D eigenvalue weighted by Gasteiger charge is 2.15. The number of likely N-dealkylation sites (tertiary alicyclic amines) is 1. The number of benzene rings is 1. The Morgan fingerprint density at radius 3 is 3.00 bits per heavy atom. The largest absolute Gasteiger partial charge is 0.392 e. The maximum atomic E-state index is 9.21. The predicted octanol–water partition coefficient (Wildman–Crippen LogP) is 3.34. The minimum Gasteiger partial charge on any atom is -0.392 e. The summed E-state index contributed by atoms with van der Waals surface area (Å²) in [4.78, 5) is 2.63. The van der Waals surface area contributed by atoms with E-state index in [0.717, 1.165) is 18.0 Å². The van der Waals surface area contributed by atoms with Gasteiger partial charge in [-0.3, -0.25) is 0 Å². The monoisotopic (exact) mass is 304 g/mol. The van der Waals surface area contributed by atoms with Gasteiger partial charge in [-0.2, -0.15) is 0 Å². The molecule has 124 valence electrons. The number of hydrogen-bond donors (Lipinski definition) is 2. The number of nitrogens with one attached hydrogen (secondary N) is 1. The number of nitrogens with zero attached hydrogens (tertiary/aromatic N) is 1. The zero-order valence-electron chi connectivity index (χ0n) is 14.2. The lowest BCUT2D eigenvalue weighted by atomic mass is 10.00. The summed E-state index contributed by atoms with van der Waals surface area (Å²) >= 11 is 0. The summed E-state index contributed by atoms with van der Waals surface area (Å²) in [6, 6.07) is 8.56. The van der Waals surface area contributed by atoms with Crippen molar-refractivity contribution < 1.29 is 5.11 Å². The summed E-state index contributed by atoms with van der Waals surface area (Å²) in [5, 5.41) is 12.8. The molecule has 0 amide bonds. The van der Waals surface area contributed by atoms with E-state index in [4.69, 9.17) is 0 Å². The first-order chi connectivity index (χ1) is 10.7. The van der Waals surface area contributed by atoms with Crippen molar-refractivity contribution in [3.8, 4) is 0 Å². The van der Waals surface area contributed by atoms with Crippen molar-refractivity contribution in [2.24, 2.45) is 5.92 Å². The van der Waals surface area contributed by atoms with Gasteiger partial charge < -0.3 is 15.3 Å². The highest BCUT2D eigenvalue weighted by atomic mass is 16.3. The van der Waals surface area contributed by atoms with E-state index in [9.17, 15) is 5.11 Å². The molecule has 1 aromatic carbocycles. The van der Waals surface area contributed by atoms with Gasteiger partial charge in [0.1, 0.15) is 0 Å². The highest BCUT2D eigenvalue weighted by Crippen LogP contribution is 2.16. The molecule has 1 saturated heterocycles. The number of aliphatic hydroxyl groups is 1. The lowest BCUT2D eigenvalue weighted by Gasteiger charge is -2.30. The van der Waals surface area contributed by atoms with E-state index in [1.807, 2.05) is 12.1 Å². The maximum Gasteiger partial charge on any atom is 0.0681 e. The van der Waals surface area contributed by atoms with Gasteiger partial charge in [0.15, 0.2) is 0 Å². The standard InChI is InChI=1S/C19H32N2O/c1-16-7-6-12-21(14-16)11-4-3-10-20-17(2)19-9-5-8-18(13-19)15-22/h5,8-9,13,16-17,20,22H,3-4,6-7,10-12,14-15H2,1-2H3. The first kappa shape index (κ1) is 17.5. The molecule has 0 spiro atoms. The molecular formula is C19H32N2O. The minimum atomic E-state index is 0.120. The molecule has 2 rings (SSSR count). The van der Waals surface area contributed by atoms with Crippen LogP contribution in [0.1, 0.15) is 56.7 Å². The van der Waals surface area contributed by atoms with E-state index in [1.165, 1.54) is 50.9 Å². The number of piperidine rings is 1. The van der Waals surface area contributed by atoms with Crippen LogP contribution in [-0.4, -0.2) is 36.2 Å². The fourth-order valence-corrected chi connectivity index (χ4v) is 3.35. The molecule has 0 radical (unpaired) electrons. The fraction of sp³-hybridized carbons (Fsp3) is 0.684. The molecule has 0 aliphatic carbocycles. The summed E-state index contributed by atoms with van der Waals surface area (Å²) < 4.78 is 0. The summed E-state index contributed by atoms with van der Waals surface area (Å²) in [5.74, 6) is 0.880. The van der Waals surface area contributed by atoms with Gasteiger partial charge in [0.2, 0.25) is 0 Å². The van der Waals surface area contributed by atoms with Gasteiger partial charge in [0, 0.05) is 12.6 Å². The van der Waals surface area contributed by atoms with Crippen LogP contribution in [-0.2, 0) is 6.61 Å². The van der Waals surface area contributed by atoms with E-state index in [2.05, 4.69) is 36.2 Å². The lowest BCUT2D eigenvalue weighted by Crippen LogP contribution is -2.35. The van der Waals surface area contributed by atoms with Crippen molar-refractivity contribution in [2.45, 2.75) is 52.2 Å². The summed E-state index contributed by atoms with van der Waals surface area (Å²) in [7, 11) is 0. The molecule has 2 unspecified atom stereocenters. The second-order valence-corrected chi connectivity index (χ2v) is 6.83. The molecule has 0 aromatic heterocycles. The molecule has 1 fully saturated rings. The van der Waals surface area contributed by atoms with Crippen LogP contribution in [0, 0.1) is 5.92 Å². The van der Waals surface area contributed by atoms with Gasteiger partial charge in [0.25, 0.3) is 0 Å². The van der Waals surface area contributed by atoms with Crippen molar-refractivity contribution >= 4 is 0 Å². The third-order valence-electron chi connectivity index (χ3n) is 4.73. The number of aliphatic hydroxyl groups excluding tert-OH is 1. The van der Waals surface area contributed by atoms with E-state index < -0.39 is 0 Å². The Morgan fingerprint density at radius 1 is 1.36 bits per heavy atom. The average molecular weight is 304 g/mol. The normalized spacial score (nSPS) is 21.0. The summed E-state index contributed by atoms with van der Waals surface area (Å²) in [6.07, 6.45) is 5.29. The Kier molecular flexibility index (Phi) is 7.37. The van der Waals surface area contributed by atoms with Crippen molar-refractivity contribution in [3.63, 3.8) is 0 Å². The summed E-state index contributed by atoms with van der Waals surface area (Å²) in [5.41, 5.74) is 2.25. The molecule has 1 aliphatic rings. The van der Waals surface area contributed by atoms with Crippen molar-refractivity contribution in [1.29, 1.82) is 0 Å². The van der Waals surface area contributed by atoms with Crippen LogP contribution in [0.5, 0.6) is 0 Å².